The minimum absolute atomic E-state index is 0.767. The highest BCUT2D eigenvalue weighted by atomic mass is 16.5. The Morgan fingerprint density at radius 1 is 1.12 bits per heavy atom. The van der Waals surface area contributed by atoms with Crippen LogP contribution in [-0.2, 0) is 13.0 Å². The fourth-order valence-electron chi connectivity index (χ4n) is 2.54. The molecule has 3 heteroatoms. The summed E-state index contributed by atoms with van der Waals surface area (Å²) in [5.41, 5.74) is 2.83. The standard InChI is InChI=1S/C14H19NO2/c1-2-15-5-4-11-8-13-14(9-12(11)10-15)17-7-3-6-16-13/h8-9H,2-7,10H2,1H3. The zero-order valence-corrected chi connectivity index (χ0v) is 10.4. The minimum Gasteiger partial charge on any atom is -0.490 e. The highest BCUT2D eigenvalue weighted by Crippen LogP contribution is 2.34. The number of rotatable bonds is 1. The van der Waals surface area contributed by atoms with E-state index in [1.54, 1.807) is 0 Å². The van der Waals surface area contributed by atoms with Gasteiger partial charge in [0.15, 0.2) is 11.5 Å². The smallest absolute Gasteiger partial charge is 0.161 e. The number of fused-ring (bicyclic) bond motifs is 2. The molecule has 0 saturated heterocycles. The van der Waals surface area contributed by atoms with Crippen LogP contribution in [0.15, 0.2) is 12.1 Å². The lowest BCUT2D eigenvalue weighted by Gasteiger charge is -2.28. The molecule has 0 saturated carbocycles. The SMILES string of the molecule is CCN1CCc2cc3c(cc2C1)OCCCO3. The Bertz CT molecular complexity index is 417. The molecular weight excluding hydrogens is 214 g/mol. The highest BCUT2D eigenvalue weighted by molar-refractivity contribution is 5.48. The first-order valence-electron chi connectivity index (χ1n) is 6.50. The van der Waals surface area contributed by atoms with E-state index in [9.17, 15) is 0 Å². The number of benzene rings is 1. The van der Waals surface area contributed by atoms with E-state index in [0.717, 1.165) is 57.2 Å². The lowest BCUT2D eigenvalue weighted by molar-refractivity contribution is 0.266. The Kier molecular flexibility index (Phi) is 2.93. The molecule has 0 unspecified atom stereocenters. The van der Waals surface area contributed by atoms with E-state index in [0.29, 0.717) is 0 Å². The summed E-state index contributed by atoms with van der Waals surface area (Å²) in [5.74, 6) is 1.87. The predicted molar refractivity (Wildman–Crippen MR) is 66.7 cm³/mol. The Hall–Kier alpha value is -1.22. The van der Waals surface area contributed by atoms with Gasteiger partial charge in [0.2, 0.25) is 0 Å². The molecule has 0 spiro atoms. The maximum Gasteiger partial charge on any atom is 0.161 e. The van der Waals surface area contributed by atoms with Crippen molar-refractivity contribution in [1.29, 1.82) is 0 Å². The van der Waals surface area contributed by atoms with Gasteiger partial charge in [0, 0.05) is 19.5 Å². The van der Waals surface area contributed by atoms with Crippen LogP contribution in [0.25, 0.3) is 0 Å². The van der Waals surface area contributed by atoms with E-state index in [2.05, 4.69) is 24.0 Å². The summed E-state index contributed by atoms with van der Waals surface area (Å²) in [5, 5.41) is 0. The van der Waals surface area contributed by atoms with E-state index < -0.39 is 0 Å². The predicted octanol–water partition coefficient (Wildman–Crippen LogP) is 2.23. The van der Waals surface area contributed by atoms with Crippen molar-refractivity contribution in [2.45, 2.75) is 26.3 Å². The molecule has 1 aromatic carbocycles. The van der Waals surface area contributed by atoms with Crippen LogP contribution in [0.1, 0.15) is 24.5 Å². The van der Waals surface area contributed by atoms with Gasteiger partial charge in [-0.25, -0.2) is 0 Å². The van der Waals surface area contributed by atoms with Crippen LogP contribution in [0.5, 0.6) is 11.5 Å². The molecular formula is C14H19NO2. The molecule has 17 heavy (non-hydrogen) atoms. The Morgan fingerprint density at radius 3 is 2.53 bits per heavy atom. The van der Waals surface area contributed by atoms with Gasteiger partial charge in [-0.2, -0.15) is 0 Å². The Balaban J connectivity index is 1.93. The number of likely N-dealkylation sites (N-methyl/N-ethyl adjacent to an activating group) is 1. The first kappa shape index (κ1) is 10.9. The van der Waals surface area contributed by atoms with Crippen LogP contribution in [0.4, 0.5) is 0 Å². The normalized spacial score (nSPS) is 19.6. The largest absolute Gasteiger partial charge is 0.490 e. The molecule has 1 aromatic rings. The van der Waals surface area contributed by atoms with Crippen molar-refractivity contribution in [2.75, 3.05) is 26.3 Å². The van der Waals surface area contributed by atoms with Crippen molar-refractivity contribution >= 4 is 0 Å². The fraction of sp³-hybridized carbons (Fsp3) is 0.571. The van der Waals surface area contributed by atoms with Crippen molar-refractivity contribution in [3.05, 3.63) is 23.3 Å². The maximum atomic E-state index is 5.74. The zero-order chi connectivity index (χ0) is 11.7. The van der Waals surface area contributed by atoms with E-state index in [-0.39, 0.29) is 0 Å². The molecule has 0 atom stereocenters. The molecule has 0 N–H and O–H groups in total. The summed E-state index contributed by atoms with van der Waals surface area (Å²) < 4.78 is 11.5. The highest BCUT2D eigenvalue weighted by Gasteiger charge is 2.19. The summed E-state index contributed by atoms with van der Waals surface area (Å²) in [6.45, 7) is 7.07. The molecule has 3 nitrogen and oxygen atoms in total. The van der Waals surface area contributed by atoms with Crippen LogP contribution < -0.4 is 9.47 Å². The topological polar surface area (TPSA) is 21.7 Å². The third kappa shape index (κ3) is 2.12. The fourth-order valence-corrected chi connectivity index (χ4v) is 2.54. The Labute approximate surface area is 102 Å². The second kappa shape index (κ2) is 4.57. The molecule has 2 aliphatic heterocycles. The lowest BCUT2D eigenvalue weighted by Crippen LogP contribution is -2.30. The summed E-state index contributed by atoms with van der Waals surface area (Å²) >= 11 is 0. The molecule has 0 fully saturated rings. The monoisotopic (exact) mass is 233 g/mol. The van der Waals surface area contributed by atoms with Gasteiger partial charge in [-0.3, -0.25) is 4.90 Å². The van der Waals surface area contributed by atoms with Gasteiger partial charge in [0.1, 0.15) is 0 Å². The molecule has 2 heterocycles. The number of hydrogen-bond acceptors (Lipinski definition) is 3. The van der Waals surface area contributed by atoms with Gasteiger partial charge in [-0.05, 0) is 36.2 Å². The van der Waals surface area contributed by atoms with Crippen molar-refractivity contribution < 1.29 is 9.47 Å². The Morgan fingerprint density at radius 2 is 1.82 bits per heavy atom. The molecule has 0 bridgehead atoms. The van der Waals surface area contributed by atoms with Crippen molar-refractivity contribution in [3.8, 4) is 11.5 Å². The van der Waals surface area contributed by atoms with Crippen LogP contribution in [0, 0.1) is 0 Å². The third-order valence-corrected chi connectivity index (χ3v) is 3.61. The number of ether oxygens (including phenoxy) is 2. The van der Waals surface area contributed by atoms with E-state index in [1.165, 1.54) is 11.1 Å². The van der Waals surface area contributed by atoms with Crippen LogP contribution >= 0.6 is 0 Å². The average Bonchev–Trinajstić information content (AvgIpc) is 2.60. The second-order valence-corrected chi connectivity index (χ2v) is 4.74. The molecule has 0 aromatic heterocycles. The zero-order valence-electron chi connectivity index (χ0n) is 10.4. The van der Waals surface area contributed by atoms with Gasteiger partial charge < -0.3 is 9.47 Å². The van der Waals surface area contributed by atoms with E-state index >= 15 is 0 Å². The maximum absolute atomic E-state index is 5.74. The van der Waals surface area contributed by atoms with Gasteiger partial charge in [-0.15, -0.1) is 0 Å². The van der Waals surface area contributed by atoms with Crippen LogP contribution in [0.2, 0.25) is 0 Å². The first-order chi connectivity index (χ1) is 8.36. The quantitative estimate of drug-likeness (QED) is 0.742. The molecule has 2 aliphatic rings. The van der Waals surface area contributed by atoms with E-state index in [4.69, 9.17) is 9.47 Å². The van der Waals surface area contributed by atoms with Crippen molar-refractivity contribution in [3.63, 3.8) is 0 Å². The van der Waals surface area contributed by atoms with Gasteiger partial charge in [0.25, 0.3) is 0 Å². The van der Waals surface area contributed by atoms with Crippen LogP contribution in [-0.4, -0.2) is 31.2 Å². The van der Waals surface area contributed by atoms with Gasteiger partial charge in [-0.1, -0.05) is 6.92 Å². The average molecular weight is 233 g/mol. The summed E-state index contributed by atoms with van der Waals surface area (Å²) in [4.78, 5) is 2.46. The third-order valence-electron chi connectivity index (χ3n) is 3.61. The number of hydrogen-bond donors (Lipinski definition) is 0. The number of nitrogens with zero attached hydrogens (tertiary/aromatic N) is 1. The molecule has 0 aliphatic carbocycles. The van der Waals surface area contributed by atoms with Crippen molar-refractivity contribution in [2.24, 2.45) is 0 Å². The second-order valence-electron chi connectivity index (χ2n) is 4.74. The lowest BCUT2D eigenvalue weighted by atomic mass is 9.99. The van der Waals surface area contributed by atoms with Gasteiger partial charge >= 0.3 is 0 Å². The van der Waals surface area contributed by atoms with Gasteiger partial charge in [0.05, 0.1) is 13.2 Å². The summed E-state index contributed by atoms with van der Waals surface area (Å²) in [6, 6.07) is 4.36. The summed E-state index contributed by atoms with van der Waals surface area (Å²) in [7, 11) is 0. The molecule has 0 radical (unpaired) electrons. The molecule has 3 rings (SSSR count). The van der Waals surface area contributed by atoms with Crippen LogP contribution in [0.3, 0.4) is 0 Å². The molecule has 0 amide bonds. The minimum atomic E-state index is 0.767. The van der Waals surface area contributed by atoms with E-state index in [1.807, 2.05) is 0 Å². The van der Waals surface area contributed by atoms with Crippen molar-refractivity contribution in [1.82, 2.24) is 4.90 Å². The molecule has 92 valence electrons. The first-order valence-corrected chi connectivity index (χ1v) is 6.50. The summed E-state index contributed by atoms with van der Waals surface area (Å²) in [6.07, 6.45) is 2.10.